The quantitative estimate of drug-likeness (QED) is 0.825. The first kappa shape index (κ1) is 17.8. The van der Waals surface area contributed by atoms with E-state index in [1.54, 1.807) is 13.8 Å². The molecule has 136 valence electrons. The van der Waals surface area contributed by atoms with Gasteiger partial charge in [-0.2, -0.15) is 13.2 Å². The molecule has 0 radical (unpaired) electrons. The number of rotatable bonds is 3. The minimum atomic E-state index is -4.41. The molecule has 5 nitrogen and oxygen atoms in total. The fourth-order valence-electron chi connectivity index (χ4n) is 2.49. The first-order valence-corrected chi connectivity index (χ1v) is 7.70. The predicted molar refractivity (Wildman–Crippen MR) is 88.1 cm³/mol. The number of halogens is 3. The summed E-state index contributed by atoms with van der Waals surface area (Å²) in [4.78, 5) is 25.2. The summed E-state index contributed by atoms with van der Waals surface area (Å²) in [6.07, 6.45) is -4.41. The maximum Gasteiger partial charge on any atom is 0.416 e. The van der Waals surface area contributed by atoms with Gasteiger partial charge in [0.1, 0.15) is 17.0 Å². The summed E-state index contributed by atoms with van der Waals surface area (Å²) in [5.74, 6) is 0.223. The van der Waals surface area contributed by atoms with Gasteiger partial charge in [-0.05, 0) is 62.4 Å². The maximum atomic E-state index is 12.6. The van der Waals surface area contributed by atoms with E-state index in [9.17, 15) is 22.8 Å². The molecule has 0 aromatic heterocycles. The van der Waals surface area contributed by atoms with Crippen LogP contribution in [0, 0.1) is 0 Å². The minimum Gasteiger partial charge on any atom is -0.457 e. The molecule has 0 saturated carbocycles. The smallest absolute Gasteiger partial charge is 0.416 e. The summed E-state index contributed by atoms with van der Waals surface area (Å²) in [7, 11) is 0. The highest BCUT2D eigenvalue weighted by atomic mass is 19.4. The minimum absolute atomic E-state index is 0.238. The standard InChI is InChI=1S/C18H15F3N2O3/c1-17(2)15(24)23(16(25)22-17)12-5-9-14(10-6-12)26-13-7-3-11(4-8-13)18(19,20)21/h3-10H,1-2H3,(H,22,25). The van der Waals surface area contributed by atoms with Gasteiger partial charge in [0, 0.05) is 0 Å². The van der Waals surface area contributed by atoms with Crippen molar-refractivity contribution in [3.05, 3.63) is 54.1 Å². The fourth-order valence-corrected chi connectivity index (χ4v) is 2.49. The van der Waals surface area contributed by atoms with Gasteiger partial charge in [0.15, 0.2) is 0 Å². The number of carbonyl (C=O) groups is 2. The number of carbonyl (C=O) groups excluding carboxylic acids is 2. The summed E-state index contributed by atoms with van der Waals surface area (Å²) in [5, 5.41) is 2.58. The number of hydrogen-bond donors (Lipinski definition) is 1. The van der Waals surface area contributed by atoms with Crippen LogP contribution >= 0.6 is 0 Å². The van der Waals surface area contributed by atoms with Gasteiger partial charge in [0.2, 0.25) is 0 Å². The molecule has 1 aliphatic heterocycles. The summed E-state index contributed by atoms with van der Waals surface area (Å²) in [6.45, 7) is 3.21. The molecule has 0 aliphatic carbocycles. The van der Waals surface area contributed by atoms with Crippen LogP contribution in [0.25, 0.3) is 0 Å². The molecule has 1 saturated heterocycles. The highest BCUT2D eigenvalue weighted by Gasteiger charge is 2.45. The Morgan fingerprint density at radius 1 is 0.923 bits per heavy atom. The van der Waals surface area contributed by atoms with Crippen molar-refractivity contribution in [3.8, 4) is 11.5 Å². The van der Waals surface area contributed by atoms with Crippen molar-refractivity contribution < 1.29 is 27.5 Å². The number of imide groups is 1. The van der Waals surface area contributed by atoms with E-state index in [2.05, 4.69) is 5.32 Å². The lowest BCUT2D eigenvalue weighted by atomic mass is 10.1. The van der Waals surface area contributed by atoms with Gasteiger partial charge < -0.3 is 10.1 Å². The Morgan fingerprint density at radius 3 is 1.85 bits per heavy atom. The number of ether oxygens (including phenoxy) is 1. The average Bonchev–Trinajstić information content (AvgIpc) is 2.76. The lowest BCUT2D eigenvalue weighted by Crippen LogP contribution is -2.40. The number of nitrogens with one attached hydrogen (secondary N) is 1. The topological polar surface area (TPSA) is 58.6 Å². The number of nitrogens with zero attached hydrogens (tertiary/aromatic N) is 1. The maximum absolute atomic E-state index is 12.6. The number of urea groups is 1. The Balaban J connectivity index is 1.74. The van der Waals surface area contributed by atoms with Crippen LogP contribution < -0.4 is 15.0 Å². The van der Waals surface area contributed by atoms with E-state index in [0.717, 1.165) is 17.0 Å². The zero-order valence-electron chi connectivity index (χ0n) is 13.9. The largest absolute Gasteiger partial charge is 0.457 e. The Kier molecular flexibility index (Phi) is 4.14. The molecule has 1 N–H and O–H groups in total. The van der Waals surface area contributed by atoms with E-state index in [0.29, 0.717) is 11.4 Å². The molecule has 1 heterocycles. The normalized spacial score (nSPS) is 16.6. The molecule has 1 aliphatic rings. The van der Waals surface area contributed by atoms with Gasteiger partial charge >= 0.3 is 12.2 Å². The van der Waals surface area contributed by atoms with Gasteiger partial charge in [-0.3, -0.25) is 4.79 Å². The van der Waals surface area contributed by atoms with Crippen LogP contribution in [-0.2, 0) is 11.0 Å². The van der Waals surface area contributed by atoms with E-state index in [4.69, 9.17) is 4.74 Å². The van der Waals surface area contributed by atoms with E-state index in [-0.39, 0.29) is 11.7 Å². The molecular formula is C18H15F3N2O3. The SMILES string of the molecule is CC1(C)NC(=O)N(c2ccc(Oc3ccc(C(F)(F)F)cc3)cc2)C1=O. The van der Waals surface area contributed by atoms with Crippen molar-refractivity contribution in [2.75, 3.05) is 4.90 Å². The zero-order chi connectivity index (χ0) is 19.1. The molecule has 0 unspecified atom stereocenters. The molecular weight excluding hydrogens is 349 g/mol. The lowest BCUT2D eigenvalue weighted by molar-refractivity contribution is -0.137. The fraction of sp³-hybridized carbons (Fsp3) is 0.222. The number of amides is 3. The van der Waals surface area contributed by atoms with Gasteiger partial charge in [-0.15, -0.1) is 0 Å². The van der Waals surface area contributed by atoms with E-state index in [1.165, 1.54) is 36.4 Å². The summed E-state index contributed by atoms with van der Waals surface area (Å²) in [6, 6.07) is 9.89. The van der Waals surface area contributed by atoms with Gasteiger partial charge in [0.25, 0.3) is 5.91 Å². The Labute approximate surface area is 147 Å². The van der Waals surface area contributed by atoms with Gasteiger partial charge in [-0.25, -0.2) is 9.69 Å². The molecule has 3 rings (SSSR count). The molecule has 1 fully saturated rings. The number of hydrogen-bond acceptors (Lipinski definition) is 3. The van der Waals surface area contributed by atoms with Crippen molar-refractivity contribution in [1.29, 1.82) is 0 Å². The van der Waals surface area contributed by atoms with Crippen LogP contribution in [0.4, 0.5) is 23.7 Å². The van der Waals surface area contributed by atoms with Gasteiger partial charge in [0.05, 0.1) is 11.3 Å². The van der Waals surface area contributed by atoms with Crippen LogP contribution in [0.5, 0.6) is 11.5 Å². The molecule has 0 atom stereocenters. The van der Waals surface area contributed by atoms with Gasteiger partial charge in [-0.1, -0.05) is 0 Å². The first-order valence-electron chi connectivity index (χ1n) is 7.70. The number of benzene rings is 2. The van der Waals surface area contributed by atoms with Crippen LogP contribution in [0.3, 0.4) is 0 Å². The molecule has 26 heavy (non-hydrogen) atoms. The Morgan fingerprint density at radius 2 is 1.42 bits per heavy atom. The second-order valence-corrected chi connectivity index (χ2v) is 6.31. The van der Waals surface area contributed by atoms with Crippen LogP contribution in [0.2, 0.25) is 0 Å². The molecule has 2 aromatic carbocycles. The van der Waals surface area contributed by atoms with E-state index >= 15 is 0 Å². The third kappa shape index (κ3) is 3.35. The number of anilines is 1. The van der Waals surface area contributed by atoms with Crippen LogP contribution in [0.15, 0.2) is 48.5 Å². The van der Waals surface area contributed by atoms with Crippen molar-refractivity contribution in [1.82, 2.24) is 5.32 Å². The first-order chi connectivity index (χ1) is 12.1. The summed E-state index contributed by atoms with van der Waals surface area (Å²) < 4.78 is 43.1. The lowest BCUT2D eigenvalue weighted by Gasteiger charge is -2.16. The van der Waals surface area contributed by atoms with Crippen LogP contribution in [0.1, 0.15) is 19.4 Å². The average molecular weight is 364 g/mol. The zero-order valence-corrected chi connectivity index (χ0v) is 13.9. The van der Waals surface area contributed by atoms with Crippen molar-refractivity contribution >= 4 is 17.6 Å². The van der Waals surface area contributed by atoms with E-state index in [1.807, 2.05) is 0 Å². The summed E-state index contributed by atoms with van der Waals surface area (Å²) >= 11 is 0. The molecule has 0 spiro atoms. The Bertz CT molecular complexity index is 843. The van der Waals surface area contributed by atoms with Crippen molar-refractivity contribution in [3.63, 3.8) is 0 Å². The highest BCUT2D eigenvalue weighted by molar-refractivity contribution is 6.23. The third-order valence-corrected chi connectivity index (χ3v) is 3.87. The van der Waals surface area contributed by atoms with E-state index < -0.39 is 23.3 Å². The molecule has 3 amide bonds. The third-order valence-electron chi connectivity index (χ3n) is 3.87. The predicted octanol–water partition coefficient (Wildman–Crippen LogP) is 4.33. The second-order valence-electron chi connectivity index (χ2n) is 6.31. The molecule has 8 heteroatoms. The van der Waals surface area contributed by atoms with Crippen LogP contribution in [-0.4, -0.2) is 17.5 Å². The monoisotopic (exact) mass is 364 g/mol. The highest BCUT2D eigenvalue weighted by Crippen LogP contribution is 2.32. The summed E-state index contributed by atoms with van der Waals surface area (Å²) in [5.41, 5.74) is -1.37. The Hall–Kier alpha value is -3.03. The number of alkyl halides is 3. The van der Waals surface area contributed by atoms with Crippen molar-refractivity contribution in [2.24, 2.45) is 0 Å². The van der Waals surface area contributed by atoms with Crippen molar-refractivity contribution in [2.45, 2.75) is 25.6 Å². The second kappa shape index (κ2) is 6.05. The molecule has 0 bridgehead atoms. The molecule has 2 aromatic rings.